The van der Waals surface area contributed by atoms with E-state index in [0.29, 0.717) is 0 Å². The Balaban J connectivity index is 2.42. The number of nitrogens with two attached hydrogens (primary N) is 1. The summed E-state index contributed by atoms with van der Waals surface area (Å²) in [7, 11) is 1.69. The van der Waals surface area contributed by atoms with Crippen molar-refractivity contribution in [3.05, 3.63) is 28.2 Å². The molecule has 3 nitrogen and oxygen atoms in total. The molecular weight excluding hydrogens is 244 g/mol. The van der Waals surface area contributed by atoms with Crippen LogP contribution in [-0.4, -0.2) is 20.3 Å². The van der Waals surface area contributed by atoms with E-state index >= 15 is 0 Å². The van der Waals surface area contributed by atoms with E-state index in [0.717, 1.165) is 35.4 Å². The third kappa shape index (κ3) is 3.65. The van der Waals surface area contributed by atoms with Gasteiger partial charge in [-0.25, -0.2) is 0 Å². The van der Waals surface area contributed by atoms with Gasteiger partial charge in [-0.1, -0.05) is 22.0 Å². The number of nitrogens with one attached hydrogen (secondary N) is 1. The van der Waals surface area contributed by atoms with Crippen LogP contribution in [0.1, 0.15) is 5.56 Å². The maximum atomic E-state index is 5.83. The molecule has 0 fully saturated rings. The summed E-state index contributed by atoms with van der Waals surface area (Å²) in [5.41, 5.74) is 7.76. The Hall–Kier alpha value is -0.580. The van der Waals surface area contributed by atoms with E-state index in [1.165, 1.54) is 0 Å². The zero-order chi connectivity index (χ0) is 10.4. The summed E-state index contributed by atoms with van der Waals surface area (Å²) < 4.78 is 5.94. The Bertz CT molecular complexity index is 291. The predicted octanol–water partition coefficient (Wildman–Crippen LogP) is 1.77. The van der Waals surface area contributed by atoms with Crippen LogP contribution in [0.2, 0.25) is 0 Å². The second-order valence-corrected chi connectivity index (χ2v) is 3.93. The highest BCUT2D eigenvalue weighted by Crippen LogP contribution is 2.18. The first-order chi connectivity index (χ1) is 6.74. The first-order valence-electron chi connectivity index (χ1n) is 4.47. The molecule has 14 heavy (non-hydrogen) atoms. The maximum Gasteiger partial charge on any atom is 0.0587 e. The lowest BCUT2D eigenvalue weighted by Gasteiger charge is -2.07. The van der Waals surface area contributed by atoms with Crippen molar-refractivity contribution in [1.29, 1.82) is 0 Å². The molecular formula is C10H15BrN2O. The van der Waals surface area contributed by atoms with Gasteiger partial charge in [-0.05, 0) is 17.7 Å². The summed E-state index contributed by atoms with van der Waals surface area (Å²) in [5, 5.41) is 3.24. The minimum atomic E-state index is 0.719. The minimum Gasteiger partial charge on any atom is -0.398 e. The summed E-state index contributed by atoms with van der Waals surface area (Å²) in [6.07, 6.45) is 0. The fourth-order valence-corrected chi connectivity index (χ4v) is 1.50. The Morgan fingerprint density at radius 1 is 1.50 bits per heavy atom. The molecule has 0 aliphatic rings. The monoisotopic (exact) mass is 258 g/mol. The molecule has 0 unspecified atom stereocenters. The van der Waals surface area contributed by atoms with E-state index in [1.54, 1.807) is 7.11 Å². The molecule has 0 amide bonds. The van der Waals surface area contributed by atoms with Crippen molar-refractivity contribution in [2.45, 2.75) is 6.54 Å². The van der Waals surface area contributed by atoms with Gasteiger partial charge in [-0.15, -0.1) is 0 Å². The topological polar surface area (TPSA) is 47.3 Å². The van der Waals surface area contributed by atoms with Gasteiger partial charge in [0.1, 0.15) is 0 Å². The number of benzene rings is 1. The first-order valence-corrected chi connectivity index (χ1v) is 5.27. The highest BCUT2D eigenvalue weighted by atomic mass is 79.9. The lowest BCUT2D eigenvalue weighted by molar-refractivity contribution is 0.199. The van der Waals surface area contributed by atoms with Crippen LogP contribution in [0.25, 0.3) is 0 Å². The summed E-state index contributed by atoms with van der Waals surface area (Å²) in [6, 6.07) is 5.91. The van der Waals surface area contributed by atoms with E-state index in [9.17, 15) is 0 Å². The number of rotatable bonds is 5. The van der Waals surface area contributed by atoms with E-state index in [-0.39, 0.29) is 0 Å². The van der Waals surface area contributed by atoms with E-state index < -0.39 is 0 Å². The standard InChI is InChI=1S/C10H15BrN2O/c1-14-5-4-13-7-8-2-3-9(11)6-10(8)12/h2-3,6,13H,4-5,7,12H2,1H3. The zero-order valence-electron chi connectivity index (χ0n) is 8.22. The van der Waals surface area contributed by atoms with Crippen LogP contribution in [0, 0.1) is 0 Å². The zero-order valence-corrected chi connectivity index (χ0v) is 9.80. The van der Waals surface area contributed by atoms with Gasteiger partial charge in [0.15, 0.2) is 0 Å². The van der Waals surface area contributed by atoms with Crippen LogP contribution in [0.15, 0.2) is 22.7 Å². The van der Waals surface area contributed by atoms with E-state index in [2.05, 4.69) is 21.2 Å². The Morgan fingerprint density at radius 3 is 2.93 bits per heavy atom. The first kappa shape index (κ1) is 11.5. The van der Waals surface area contributed by atoms with Gasteiger partial charge in [-0.3, -0.25) is 0 Å². The molecule has 0 aliphatic carbocycles. The molecule has 0 aromatic heterocycles. The molecule has 3 N–H and O–H groups in total. The number of hydrogen-bond donors (Lipinski definition) is 2. The van der Waals surface area contributed by atoms with Gasteiger partial charge in [0.2, 0.25) is 0 Å². The van der Waals surface area contributed by atoms with Gasteiger partial charge in [0, 0.05) is 30.4 Å². The summed E-state index contributed by atoms with van der Waals surface area (Å²) in [5.74, 6) is 0. The van der Waals surface area contributed by atoms with Gasteiger partial charge >= 0.3 is 0 Å². The van der Waals surface area contributed by atoms with E-state index in [4.69, 9.17) is 10.5 Å². The second-order valence-electron chi connectivity index (χ2n) is 3.01. The number of methoxy groups -OCH3 is 1. The number of halogens is 1. The molecule has 4 heteroatoms. The fraction of sp³-hybridized carbons (Fsp3) is 0.400. The lowest BCUT2D eigenvalue weighted by atomic mass is 10.2. The number of nitrogen functional groups attached to an aromatic ring is 1. The molecule has 0 aliphatic heterocycles. The van der Waals surface area contributed by atoms with Crippen LogP contribution in [0.3, 0.4) is 0 Å². The average molecular weight is 259 g/mol. The number of anilines is 1. The largest absolute Gasteiger partial charge is 0.398 e. The fourth-order valence-electron chi connectivity index (χ4n) is 1.12. The third-order valence-electron chi connectivity index (χ3n) is 1.91. The lowest BCUT2D eigenvalue weighted by Crippen LogP contribution is -2.19. The van der Waals surface area contributed by atoms with Crippen molar-refractivity contribution in [2.75, 3.05) is 26.0 Å². The minimum absolute atomic E-state index is 0.719. The molecule has 0 atom stereocenters. The Kier molecular flexibility index (Phi) is 4.93. The predicted molar refractivity (Wildman–Crippen MR) is 62.1 cm³/mol. The maximum absolute atomic E-state index is 5.83. The van der Waals surface area contributed by atoms with Crippen molar-refractivity contribution < 1.29 is 4.74 Å². The van der Waals surface area contributed by atoms with Crippen molar-refractivity contribution in [1.82, 2.24) is 5.32 Å². The molecule has 0 spiro atoms. The van der Waals surface area contributed by atoms with Crippen LogP contribution >= 0.6 is 15.9 Å². The van der Waals surface area contributed by atoms with Crippen LogP contribution < -0.4 is 11.1 Å². The van der Waals surface area contributed by atoms with E-state index in [1.807, 2.05) is 18.2 Å². The van der Waals surface area contributed by atoms with Crippen molar-refractivity contribution in [3.8, 4) is 0 Å². The van der Waals surface area contributed by atoms with Crippen LogP contribution in [0.4, 0.5) is 5.69 Å². The molecule has 78 valence electrons. The van der Waals surface area contributed by atoms with Gasteiger partial charge in [-0.2, -0.15) is 0 Å². The molecule has 0 saturated carbocycles. The normalized spacial score (nSPS) is 10.4. The second kappa shape index (κ2) is 6.01. The molecule has 0 heterocycles. The molecule has 1 aromatic rings. The Morgan fingerprint density at radius 2 is 2.29 bits per heavy atom. The van der Waals surface area contributed by atoms with Crippen molar-refractivity contribution in [2.24, 2.45) is 0 Å². The highest BCUT2D eigenvalue weighted by Gasteiger charge is 1.98. The highest BCUT2D eigenvalue weighted by molar-refractivity contribution is 9.10. The molecule has 1 rings (SSSR count). The summed E-state index contributed by atoms with van der Waals surface area (Å²) in [6.45, 7) is 2.34. The summed E-state index contributed by atoms with van der Waals surface area (Å²) >= 11 is 3.37. The number of ether oxygens (including phenoxy) is 1. The smallest absolute Gasteiger partial charge is 0.0587 e. The molecule has 0 bridgehead atoms. The molecule has 0 saturated heterocycles. The number of hydrogen-bond acceptors (Lipinski definition) is 3. The van der Waals surface area contributed by atoms with Gasteiger partial charge < -0.3 is 15.8 Å². The SMILES string of the molecule is COCCNCc1ccc(Br)cc1N. The van der Waals surface area contributed by atoms with Crippen LogP contribution in [0.5, 0.6) is 0 Å². The molecule has 1 aromatic carbocycles. The van der Waals surface area contributed by atoms with Crippen molar-refractivity contribution in [3.63, 3.8) is 0 Å². The average Bonchev–Trinajstić information content (AvgIpc) is 2.15. The Labute approximate surface area is 92.8 Å². The third-order valence-corrected chi connectivity index (χ3v) is 2.40. The van der Waals surface area contributed by atoms with Crippen LogP contribution in [-0.2, 0) is 11.3 Å². The molecule has 0 radical (unpaired) electrons. The van der Waals surface area contributed by atoms with Crippen molar-refractivity contribution >= 4 is 21.6 Å². The van der Waals surface area contributed by atoms with Gasteiger partial charge in [0.05, 0.1) is 6.61 Å². The summed E-state index contributed by atoms with van der Waals surface area (Å²) in [4.78, 5) is 0. The quantitative estimate of drug-likeness (QED) is 0.625. The van der Waals surface area contributed by atoms with Gasteiger partial charge in [0.25, 0.3) is 0 Å².